The predicted molar refractivity (Wildman–Crippen MR) is 51.2 cm³/mol. The highest BCUT2D eigenvalue weighted by molar-refractivity contribution is 4.83. The fourth-order valence-electron chi connectivity index (χ4n) is 1.42. The summed E-state index contributed by atoms with van der Waals surface area (Å²) < 4.78 is 5.39. The zero-order valence-corrected chi connectivity index (χ0v) is 8.47. The molecule has 0 saturated heterocycles. The van der Waals surface area contributed by atoms with Crippen LogP contribution in [-0.2, 0) is 4.74 Å². The lowest BCUT2D eigenvalue weighted by Gasteiger charge is -2.16. The van der Waals surface area contributed by atoms with Gasteiger partial charge in [-0.2, -0.15) is 0 Å². The van der Waals surface area contributed by atoms with Gasteiger partial charge in [0.1, 0.15) is 0 Å². The number of nitrogens with one attached hydrogen (secondary N) is 1. The highest BCUT2D eigenvalue weighted by atomic mass is 16.5. The van der Waals surface area contributed by atoms with E-state index in [0.717, 1.165) is 24.9 Å². The molecule has 1 aliphatic rings. The van der Waals surface area contributed by atoms with Crippen LogP contribution in [0, 0.1) is 11.8 Å². The summed E-state index contributed by atoms with van der Waals surface area (Å²) in [4.78, 5) is 0. The Bertz CT molecular complexity index is 121. The smallest absolute Gasteiger partial charge is 0.0723 e. The van der Waals surface area contributed by atoms with E-state index >= 15 is 0 Å². The Hall–Kier alpha value is -0.0800. The minimum absolute atomic E-state index is 0.462. The van der Waals surface area contributed by atoms with Gasteiger partial charge in [-0.15, -0.1) is 0 Å². The van der Waals surface area contributed by atoms with Crippen molar-refractivity contribution in [2.75, 3.05) is 20.2 Å². The third-order valence-electron chi connectivity index (χ3n) is 2.35. The lowest BCUT2D eigenvalue weighted by molar-refractivity contribution is 0.0834. The molecule has 1 unspecified atom stereocenters. The Balaban J connectivity index is 2.02. The van der Waals surface area contributed by atoms with Crippen molar-refractivity contribution in [2.45, 2.75) is 32.8 Å². The average molecular weight is 171 g/mol. The third kappa shape index (κ3) is 3.55. The van der Waals surface area contributed by atoms with Gasteiger partial charge in [-0.3, -0.25) is 0 Å². The molecular weight excluding hydrogens is 150 g/mol. The molecule has 0 aromatic rings. The number of hydrogen-bond acceptors (Lipinski definition) is 2. The van der Waals surface area contributed by atoms with Gasteiger partial charge in [0.05, 0.1) is 6.10 Å². The van der Waals surface area contributed by atoms with Gasteiger partial charge >= 0.3 is 0 Å². The summed E-state index contributed by atoms with van der Waals surface area (Å²) in [5, 5.41) is 3.43. The van der Waals surface area contributed by atoms with Gasteiger partial charge in [-0.1, -0.05) is 13.8 Å². The molecule has 0 bridgehead atoms. The van der Waals surface area contributed by atoms with Crippen LogP contribution in [0.1, 0.15) is 26.7 Å². The summed E-state index contributed by atoms with van der Waals surface area (Å²) in [5.41, 5.74) is 0. The zero-order chi connectivity index (χ0) is 8.97. The fourth-order valence-corrected chi connectivity index (χ4v) is 1.42. The molecule has 1 fully saturated rings. The van der Waals surface area contributed by atoms with Crippen LogP contribution in [-0.4, -0.2) is 26.3 Å². The second kappa shape index (κ2) is 4.83. The molecule has 0 aliphatic heterocycles. The van der Waals surface area contributed by atoms with Crippen LogP contribution in [0.25, 0.3) is 0 Å². The minimum atomic E-state index is 0.462. The number of ether oxygens (including phenoxy) is 1. The van der Waals surface area contributed by atoms with Crippen molar-refractivity contribution in [3.8, 4) is 0 Å². The summed E-state index contributed by atoms with van der Waals surface area (Å²) in [6, 6.07) is 0. The molecule has 0 heterocycles. The molecule has 0 aromatic carbocycles. The first-order valence-corrected chi connectivity index (χ1v) is 4.97. The van der Waals surface area contributed by atoms with E-state index in [4.69, 9.17) is 4.74 Å². The lowest BCUT2D eigenvalue weighted by Crippen LogP contribution is -2.32. The first-order valence-electron chi connectivity index (χ1n) is 4.97. The molecule has 0 radical (unpaired) electrons. The largest absolute Gasteiger partial charge is 0.380 e. The summed E-state index contributed by atoms with van der Waals surface area (Å²) in [5.74, 6) is 1.58. The molecule has 12 heavy (non-hydrogen) atoms. The molecule has 0 aromatic heterocycles. The Morgan fingerprint density at radius 2 is 2.00 bits per heavy atom. The Labute approximate surface area is 75.7 Å². The minimum Gasteiger partial charge on any atom is -0.380 e. The molecule has 72 valence electrons. The van der Waals surface area contributed by atoms with Crippen LogP contribution >= 0.6 is 0 Å². The third-order valence-corrected chi connectivity index (χ3v) is 2.35. The summed E-state index contributed by atoms with van der Waals surface area (Å²) in [6.07, 6.45) is 3.19. The molecular formula is C10H21NO. The lowest BCUT2D eigenvalue weighted by atomic mass is 10.2. The Morgan fingerprint density at radius 3 is 2.42 bits per heavy atom. The van der Waals surface area contributed by atoms with E-state index in [0.29, 0.717) is 6.10 Å². The first kappa shape index (κ1) is 10.0. The van der Waals surface area contributed by atoms with Crippen LogP contribution in [0.15, 0.2) is 0 Å². The zero-order valence-electron chi connectivity index (χ0n) is 8.47. The van der Waals surface area contributed by atoms with Crippen molar-refractivity contribution < 1.29 is 4.74 Å². The van der Waals surface area contributed by atoms with Gasteiger partial charge in [-0.05, 0) is 31.2 Å². The maximum absolute atomic E-state index is 5.39. The first-order chi connectivity index (χ1) is 5.74. The number of hydrogen-bond donors (Lipinski definition) is 1. The van der Waals surface area contributed by atoms with Crippen molar-refractivity contribution >= 4 is 0 Å². The van der Waals surface area contributed by atoms with E-state index in [-0.39, 0.29) is 0 Å². The van der Waals surface area contributed by atoms with Crippen LogP contribution in [0.5, 0.6) is 0 Å². The van der Waals surface area contributed by atoms with Gasteiger partial charge in [0, 0.05) is 13.7 Å². The van der Waals surface area contributed by atoms with Crippen molar-refractivity contribution in [1.82, 2.24) is 5.32 Å². The number of rotatable bonds is 6. The van der Waals surface area contributed by atoms with Crippen molar-refractivity contribution in [3.05, 3.63) is 0 Å². The van der Waals surface area contributed by atoms with Gasteiger partial charge in [0.25, 0.3) is 0 Å². The summed E-state index contributed by atoms with van der Waals surface area (Å²) >= 11 is 0. The Morgan fingerprint density at radius 1 is 1.33 bits per heavy atom. The second-order valence-electron chi connectivity index (χ2n) is 4.16. The second-order valence-corrected chi connectivity index (χ2v) is 4.16. The summed E-state index contributed by atoms with van der Waals surface area (Å²) in [7, 11) is 1.82. The van der Waals surface area contributed by atoms with Crippen molar-refractivity contribution in [3.63, 3.8) is 0 Å². The van der Waals surface area contributed by atoms with Gasteiger partial charge in [-0.25, -0.2) is 0 Å². The van der Waals surface area contributed by atoms with E-state index in [9.17, 15) is 0 Å². The highest BCUT2D eigenvalue weighted by Crippen LogP contribution is 2.33. The standard InChI is InChI=1S/C10H21NO/c1-8(2)6-11-7-10(12-3)9-4-5-9/h8-11H,4-7H2,1-3H3. The monoisotopic (exact) mass is 171 g/mol. The van der Waals surface area contributed by atoms with Crippen LogP contribution < -0.4 is 5.32 Å². The number of methoxy groups -OCH3 is 1. The van der Waals surface area contributed by atoms with Crippen molar-refractivity contribution in [1.29, 1.82) is 0 Å². The maximum Gasteiger partial charge on any atom is 0.0723 e. The van der Waals surface area contributed by atoms with Crippen LogP contribution in [0.4, 0.5) is 0 Å². The Kier molecular flexibility index (Phi) is 4.02. The molecule has 1 atom stereocenters. The molecule has 2 heteroatoms. The molecule has 1 rings (SSSR count). The maximum atomic E-state index is 5.39. The predicted octanol–water partition coefficient (Wildman–Crippen LogP) is 1.66. The van der Waals surface area contributed by atoms with Gasteiger partial charge in [0.15, 0.2) is 0 Å². The van der Waals surface area contributed by atoms with Crippen LogP contribution in [0.2, 0.25) is 0 Å². The molecule has 1 aliphatic carbocycles. The molecule has 0 amide bonds. The van der Waals surface area contributed by atoms with Crippen molar-refractivity contribution in [2.24, 2.45) is 11.8 Å². The molecule has 2 nitrogen and oxygen atoms in total. The average Bonchev–Trinajstić information content (AvgIpc) is 2.80. The molecule has 0 spiro atoms. The van der Waals surface area contributed by atoms with E-state index in [1.54, 1.807) is 0 Å². The SMILES string of the molecule is COC(CNCC(C)C)C1CC1. The van der Waals surface area contributed by atoms with Crippen LogP contribution in [0.3, 0.4) is 0 Å². The topological polar surface area (TPSA) is 21.3 Å². The molecule has 1 saturated carbocycles. The summed E-state index contributed by atoms with van der Waals surface area (Å²) in [6.45, 7) is 6.59. The normalized spacial score (nSPS) is 20.0. The van der Waals surface area contributed by atoms with E-state index in [1.165, 1.54) is 12.8 Å². The van der Waals surface area contributed by atoms with E-state index in [1.807, 2.05) is 7.11 Å². The quantitative estimate of drug-likeness (QED) is 0.656. The van der Waals surface area contributed by atoms with E-state index < -0.39 is 0 Å². The van der Waals surface area contributed by atoms with Gasteiger partial charge in [0.2, 0.25) is 0 Å². The van der Waals surface area contributed by atoms with E-state index in [2.05, 4.69) is 19.2 Å². The molecule has 1 N–H and O–H groups in total. The highest BCUT2D eigenvalue weighted by Gasteiger charge is 2.30. The fraction of sp³-hybridized carbons (Fsp3) is 1.00. The van der Waals surface area contributed by atoms with Gasteiger partial charge < -0.3 is 10.1 Å².